The number of nitrogens with one attached hydrogen (secondary N) is 2. The van der Waals surface area contributed by atoms with Gasteiger partial charge < -0.3 is 10.7 Å². The van der Waals surface area contributed by atoms with Crippen LogP contribution in [0.3, 0.4) is 0 Å². The van der Waals surface area contributed by atoms with E-state index in [1.54, 1.807) is 0 Å². The minimum absolute atomic E-state index is 0.677. The van der Waals surface area contributed by atoms with Crippen LogP contribution in [0.2, 0.25) is 0 Å². The Morgan fingerprint density at radius 3 is 2.83 bits per heavy atom. The zero-order valence-electron chi connectivity index (χ0n) is 7.17. The quantitative estimate of drug-likeness (QED) is 0.464. The Morgan fingerprint density at radius 1 is 1.42 bits per heavy atom. The van der Waals surface area contributed by atoms with Crippen molar-refractivity contribution >= 4 is 11.6 Å². The summed E-state index contributed by atoms with van der Waals surface area (Å²) in [6.45, 7) is 3.04. The molecule has 4 heteroatoms. The smallest absolute Gasteiger partial charge is 0.142 e. The maximum absolute atomic E-state index is 5.21. The molecule has 0 aliphatic heterocycles. The highest BCUT2D eigenvalue weighted by Crippen LogP contribution is 2.07. The summed E-state index contributed by atoms with van der Waals surface area (Å²) in [4.78, 5) is 4.18. The van der Waals surface area contributed by atoms with E-state index in [1.165, 1.54) is 0 Å². The molecule has 4 N–H and O–H groups in total. The molecule has 0 fully saturated rings. The fourth-order valence-corrected chi connectivity index (χ4v) is 0.867. The first-order valence-electron chi connectivity index (χ1n) is 4.04. The Hall–Kier alpha value is -1.29. The molecule has 0 aromatic carbocycles. The maximum Gasteiger partial charge on any atom is 0.142 e. The molecule has 0 unspecified atom stereocenters. The number of hydrogen-bond acceptors (Lipinski definition) is 4. The van der Waals surface area contributed by atoms with Gasteiger partial charge in [0.1, 0.15) is 11.6 Å². The van der Waals surface area contributed by atoms with Gasteiger partial charge in [-0.15, -0.1) is 0 Å². The molecule has 0 saturated carbocycles. The molecule has 0 spiro atoms. The average molecular weight is 166 g/mol. The van der Waals surface area contributed by atoms with Gasteiger partial charge in [-0.25, -0.2) is 10.8 Å². The van der Waals surface area contributed by atoms with E-state index in [2.05, 4.69) is 22.7 Å². The second-order valence-electron chi connectivity index (χ2n) is 2.48. The predicted molar refractivity (Wildman–Crippen MR) is 50.8 cm³/mol. The average Bonchev–Trinajstić information content (AvgIpc) is 2.15. The van der Waals surface area contributed by atoms with Gasteiger partial charge in [0.15, 0.2) is 0 Å². The normalized spacial score (nSPS) is 9.50. The number of aromatic nitrogens is 1. The number of nitrogens with two attached hydrogens (primary N) is 1. The van der Waals surface area contributed by atoms with Crippen LogP contribution >= 0.6 is 0 Å². The summed E-state index contributed by atoms with van der Waals surface area (Å²) < 4.78 is 0. The van der Waals surface area contributed by atoms with E-state index < -0.39 is 0 Å². The Kier molecular flexibility index (Phi) is 3.35. The van der Waals surface area contributed by atoms with Gasteiger partial charge in [-0.1, -0.05) is 13.0 Å². The second-order valence-corrected chi connectivity index (χ2v) is 2.48. The van der Waals surface area contributed by atoms with Crippen LogP contribution in [-0.4, -0.2) is 11.5 Å². The van der Waals surface area contributed by atoms with E-state index in [1.807, 2.05) is 18.2 Å². The molecular weight excluding hydrogens is 152 g/mol. The van der Waals surface area contributed by atoms with Gasteiger partial charge in [-0.3, -0.25) is 0 Å². The molecule has 1 rings (SSSR count). The van der Waals surface area contributed by atoms with Gasteiger partial charge in [0.2, 0.25) is 0 Å². The number of nitrogen functional groups attached to an aromatic ring is 1. The molecule has 0 saturated heterocycles. The lowest BCUT2D eigenvalue weighted by atomic mass is 10.4. The number of hydrazine groups is 1. The lowest BCUT2D eigenvalue weighted by Gasteiger charge is -2.04. The van der Waals surface area contributed by atoms with Crippen molar-refractivity contribution in [1.29, 1.82) is 0 Å². The zero-order chi connectivity index (χ0) is 8.81. The van der Waals surface area contributed by atoms with Gasteiger partial charge in [0, 0.05) is 6.54 Å². The summed E-state index contributed by atoms with van der Waals surface area (Å²) in [6, 6.07) is 5.63. The Labute approximate surface area is 72.2 Å². The van der Waals surface area contributed by atoms with Gasteiger partial charge in [-0.2, -0.15) is 0 Å². The molecule has 0 amide bonds. The molecule has 0 atom stereocenters. The molecule has 66 valence electrons. The SMILES string of the molecule is CCCNc1cccc(NN)n1. The van der Waals surface area contributed by atoms with Crippen molar-refractivity contribution in [2.45, 2.75) is 13.3 Å². The fourth-order valence-electron chi connectivity index (χ4n) is 0.867. The first-order chi connectivity index (χ1) is 5.86. The highest BCUT2D eigenvalue weighted by atomic mass is 15.3. The summed E-state index contributed by atoms with van der Waals surface area (Å²) in [7, 11) is 0. The molecule has 0 aliphatic carbocycles. The van der Waals surface area contributed by atoms with E-state index in [9.17, 15) is 0 Å². The Bertz CT molecular complexity index is 236. The van der Waals surface area contributed by atoms with Crippen LogP contribution < -0.4 is 16.6 Å². The molecule has 0 bridgehead atoms. The molecule has 0 aliphatic rings. The largest absolute Gasteiger partial charge is 0.370 e. The van der Waals surface area contributed by atoms with E-state index in [-0.39, 0.29) is 0 Å². The minimum atomic E-state index is 0.677. The summed E-state index contributed by atoms with van der Waals surface area (Å²) in [5, 5.41) is 3.16. The standard InChI is InChI=1S/C8H14N4/c1-2-6-10-7-4-3-5-8(11-7)12-9/h3-5H,2,6,9H2,1H3,(H2,10,11,12). The lowest BCUT2D eigenvalue weighted by Crippen LogP contribution is -2.10. The third-order valence-corrected chi connectivity index (χ3v) is 1.45. The molecule has 0 radical (unpaired) electrons. The zero-order valence-corrected chi connectivity index (χ0v) is 7.17. The van der Waals surface area contributed by atoms with Crippen molar-refractivity contribution in [3.63, 3.8) is 0 Å². The lowest BCUT2D eigenvalue weighted by molar-refractivity contribution is 0.969. The second kappa shape index (κ2) is 4.56. The van der Waals surface area contributed by atoms with Crippen molar-refractivity contribution in [2.24, 2.45) is 5.84 Å². The highest BCUT2D eigenvalue weighted by molar-refractivity contribution is 5.44. The third kappa shape index (κ3) is 2.39. The van der Waals surface area contributed by atoms with Gasteiger partial charge in [0.25, 0.3) is 0 Å². The maximum atomic E-state index is 5.21. The van der Waals surface area contributed by atoms with Gasteiger partial charge in [-0.05, 0) is 18.6 Å². The van der Waals surface area contributed by atoms with Crippen LogP contribution in [0.25, 0.3) is 0 Å². The van der Waals surface area contributed by atoms with Crippen LogP contribution in [0.5, 0.6) is 0 Å². The third-order valence-electron chi connectivity index (χ3n) is 1.45. The monoisotopic (exact) mass is 166 g/mol. The number of pyridine rings is 1. The van der Waals surface area contributed by atoms with Crippen LogP contribution in [0.4, 0.5) is 11.6 Å². The van der Waals surface area contributed by atoms with E-state index in [0.717, 1.165) is 18.8 Å². The van der Waals surface area contributed by atoms with Gasteiger partial charge in [0.05, 0.1) is 0 Å². The van der Waals surface area contributed by atoms with E-state index in [0.29, 0.717) is 5.82 Å². The number of hydrogen-bond donors (Lipinski definition) is 3. The van der Waals surface area contributed by atoms with Gasteiger partial charge >= 0.3 is 0 Å². The van der Waals surface area contributed by atoms with Crippen LogP contribution in [0.15, 0.2) is 18.2 Å². The Balaban J connectivity index is 2.60. The molecule has 4 nitrogen and oxygen atoms in total. The van der Waals surface area contributed by atoms with E-state index >= 15 is 0 Å². The summed E-state index contributed by atoms with van der Waals surface area (Å²) in [5.41, 5.74) is 2.49. The van der Waals surface area contributed by atoms with Crippen LogP contribution in [0, 0.1) is 0 Å². The fraction of sp³-hybridized carbons (Fsp3) is 0.375. The topological polar surface area (TPSA) is 63.0 Å². The predicted octanol–water partition coefficient (Wildman–Crippen LogP) is 1.19. The molecule has 1 aromatic heterocycles. The van der Waals surface area contributed by atoms with Crippen LogP contribution in [0.1, 0.15) is 13.3 Å². The minimum Gasteiger partial charge on any atom is -0.370 e. The molecular formula is C8H14N4. The van der Waals surface area contributed by atoms with Crippen molar-refractivity contribution in [3.05, 3.63) is 18.2 Å². The summed E-state index contributed by atoms with van der Waals surface area (Å²) >= 11 is 0. The molecule has 1 aromatic rings. The number of anilines is 2. The van der Waals surface area contributed by atoms with Crippen LogP contribution in [-0.2, 0) is 0 Å². The van der Waals surface area contributed by atoms with E-state index in [4.69, 9.17) is 5.84 Å². The first kappa shape index (κ1) is 8.80. The highest BCUT2D eigenvalue weighted by Gasteiger charge is 1.92. The first-order valence-corrected chi connectivity index (χ1v) is 4.04. The summed E-state index contributed by atoms with van der Waals surface area (Å²) in [5.74, 6) is 6.74. The number of rotatable bonds is 4. The van der Waals surface area contributed by atoms with Crippen molar-refractivity contribution in [2.75, 3.05) is 17.3 Å². The number of nitrogens with zero attached hydrogens (tertiary/aromatic N) is 1. The molecule has 1 heterocycles. The van der Waals surface area contributed by atoms with Crippen molar-refractivity contribution < 1.29 is 0 Å². The van der Waals surface area contributed by atoms with Crippen molar-refractivity contribution in [3.8, 4) is 0 Å². The summed E-state index contributed by atoms with van der Waals surface area (Å²) in [6.07, 6.45) is 1.09. The molecule has 12 heavy (non-hydrogen) atoms. The van der Waals surface area contributed by atoms with Crippen molar-refractivity contribution in [1.82, 2.24) is 4.98 Å². The Morgan fingerprint density at radius 2 is 2.17 bits per heavy atom.